The Kier molecular flexibility index (Phi) is 10.4. The summed E-state index contributed by atoms with van der Waals surface area (Å²) < 4.78 is 44.7. The van der Waals surface area contributed by atoms with Crippen LogP contribution >= 0.6 is 0 Å². The highest BCUT2D eigenvalue weighted by Crippen LogP contribution is 2.34. The van der Waals surface area contributed by atoms with Gasteiger partial charge in [0, 0.05) is 74.9 Å². The van der Waals surface area contributed by atoms with Crippen LogP contribution in [0.5, 0.6) is 5.75 Å². The number of benzene rings is 3. The van der Waals surface area contributed by atoms with Gasteiger partial charge in [0.25, 0.3) is 0 Å². The zero-order valence-corrected chi connectivity index (χ0v) is 26.3. The molecule has 3 aromatic carbocycles. The number of Topliss-reactive ketones (excluding diaryl/α,β-unsaturated/α-hetero) is 1. The van der Waals surface area contributed by atoms with Gasteiger partial charge in [-0.05, 0) is 73.2 Å². The van der Waals surface area contributed by atoms with E-state index in [1.807, 2.05) is 6.07 Å². The predicted molar refractivity (Wildman–Crippen MR) is 176 cm³/mol. The van der Waals surface area contributed by atoms with Crippen LogP contribution < -0.4 is 10.1 Å². The summed E-state index contributed by atoms with van der Waals surface area (Å²) in [4.78, 5) is 17.7. The number of aryl methyl sites for hydroxylation is 1. The van der Waals surface area contributed by atoms with Gasteiger partial charge >= 0.3 is 6.36 Å². The lowest BCUT2D eigenvalue weighted by Crippen LogP contribution is -2.45. The molecular formula is C37H43F3N4O2. The Morgan fingerprint density at radius 2 is 1.57 bits per heavy atom. The van der Waals surface area contributed by atoms with Gasteiger partial charge in [0.05, 0.1) is 6.04 Å². The zero-order chi connectivity index (χ0) is 31.9. The Morgan fingerprint density at radius 3 is 2.24 bits per heavy atom. The number of nitrogens with one attached hydrogen (secondary N) is 1. The maximum absolute atomic E-state index is 12.8. The summed E-state index contributed by atoms with van der Waals surface area (Å²) in [6, 6.07) is 23.3. The summed E-state index contributed by atoms with van der Waals surface area (Å²) in [7, 11) is 0. The van der Waals surface area contributed by atoms with Crippen molar-refractivity contribution < 1.29 is 22.7 Å². The van der Waals surface area contributed by atoms with Gasteiger partial charge in [-0.3, -0.25) is 14.6 Å². The smallest absolute Gasteiger partial charge is 0.406 e. The molecule has 0 saturated carbocycles. The minimum Gasteiger partial charge on any atom is -0.406 e. The van der Waals surface area contributed by atoms with Crippen LogP contribution in [0.1, 0.15) is 49.7 Å². The number of alkyl halides is 3. The van der Waals surface area contributed by atoms with E-state index in [0.717, 1.165) is 106 Å². The number of carbonyl (C=O) groups excluding carboxylic acids is 1. The lowest BCUT2D eigenvalue weighted by atomic mass is 9.98. The van der Waals surface area contributed by atoms with E-state index in [9.17, 15) is 18.0 Å². The van der Waals surface area contributed by atoms with Crippen molar-refractivity contribution in [2.75, 3.05) is 32.7 Å². The lowest BCUT2D eigenvalue weighted by molar-refractivity contribution is -0.274. The van der Waals surface area contributed by atoms with Crippen LogP contribution in [-0.2, 0) is 24.4 Å². The van der Waals surface area contributed by atoms with Gasteiger partial charge in [-0.2, -0.15) is 0 Å². The molecule has 244 valence electrons. The molecule has 2 saturated heterocycles. The van der Waals surface area contributed by atoms with Crippen molar-refractivity contribution in [3.8, 4) is 16.9 Å². The van der Waals surface area contributed by atoms with E-state index in [1.165, 1.54) is 23.3 Å². The second kappa shape index (κ2) is 14.8. The number of rotatable bonds is 12. The molecule has 0 bridgehead atoms. The van der Waals surface area contributed by atoms with Gasteiger partial charge in [0.2, 0.25) is 0 Å². The van der Waals surface area contributed by atoms with E-state index in [0.29, 0.717) is 12.2 Å². The van der Waals surface area contributed by atoms with Crippen molar-refractivity contribution >= 4 is 16.7 Å². The summed E-state index contributed by atoms with van der Waals surface area (Å²) in [6.07, 6.45) is 2.82. The minimum atomic E-state index is -4.73. The SMILES string of the molecule is O=C(CCCCn1cc(-c2ccc(OC(F)(F)F)cc2)c2cc(CN3CCN(Cc4ccccc4)CC3)ccc21)C1CCCCN1. The first kappa shape index (κ1) is 32.3. The molecule has 4 aromatic rings. The largest absolute Gasteiger partial charge is 0.573 e. The molecule has 2 aliphatic rings. The van der Waals surface area contributed by atoms with Crippen LogP contribution in [-0.4, -0.2) is 65.3 Å². The average Bonchev–Trinajstić information content (AvgIpc) is 3.42. The summed E-state index contributed by atoms with van der Waals surface area (Å²) in [5.41, 5.74) is 5.45. The third-order valence-corrected chi connectivity index (χ3v) is 9.24. The van der Waals surface area contributed by atoms with Crippen molar-refractivity contribution in [1.82, 2.24) is 19.7 Å². The van der Waals surface area contributed by atoms with E-state index in [-0.39, 0.29) is 11.8 Å². The third-order valence-electron chi connectivity index (χ3n) is 9.24. The quantitative estimate of drug-likeness (QED) is 0.165. The van der Waals surface area contributed by atoms with Crippen LogP contribution in [0.25, 0.3) is 22.0 Å². The number of unbranched alkanes of at least 4 members (excludes halogenated alkanes) is 1. The van der Waals surface area contributed by atoms with Gasteiger partial charge in [-0.15, -0.1) is 13.2 Å². The number of hydrogen-bond donors (Lipinski definition) is 1. The van der Waals surface area contributed by atoms with Gasteiger partial charge in [0.15, 0.2) is 0 Å². The molecule has 1 N–H and O–H groups in total. The Labute approximate surface area is 269 Å². The number of ether oxygens (including phenoxy) is 1. The normalized spacial score (nSPS) is 18.2. The Hall–Kier alpha value is -3.66. The van der Waals surface area contributed by atoms with Crippen LogP contribution in [0, 0.1) is 0 Å². The molecule has 6 nitrogen and oxygen atoms in total. The molecule has 9 heteroatoms. The van der Waals surface area contributed by atoms with Crippen molar-refractivity contribution in [2.24, 2.45) is 0 Å². The molecule has 1 aromatic heterocycles. The maximum atomic E-state index is 12.8. The van der Waals surface area contributed by atoms with E-state index in [2.05, 4.69) is 73.1 Å². The second-order valence-corrected chi connectivity index (χ2v) is 12.6. The Balaban J connectivity index is 1.15. The van der Waals surface area contributed by atoms with Gasteiger partial charge in [0.1, 0.15) is 11.5 Å². The van der Waals surface area contributed by atoms with Crippen LogP contribution in [0.2, 0.25) is 0 Å². The van der Waals surface area contributed by atoms with Gasteiger partial charge in [-0.1, -0.05) is 55.0 Å². The number of piperidine rings is 1. The fourth-order valence-corrected chi connectivity index (χ4v) is 6.78. The molecule has 1 atom stereocenters. The van der Waals surface area contributed by atoms with E-state index >= 15 is 0 Å². The summed E-state index contributed by atoms with van der Waals surface area (Å²) in [6.45, 7) is 7.52. The fraction of sp³-hybridized carbons (Fsp3) is 0.432. The average molecular weight is 633 g/mol. The van der Waals surface area contributed by atoms with Gasteiger partial charge in [-0.25, -0.2) is 0 Å². The second-order valence-electron chi connectivity index (χ2n) is 12.6. The molecule has 2 fully saturated rings. The van der Waals surface area contributed by atoms with Crippen molar-refractivity contribution in [3.05, 3.63) is 90.1 Å². The molecule has 0 radical (unpaired) electrons. The zero-order valence-electron chi connectivity index (χ0n) is 26.3. The molecule has 1 unspecified atom stereocenters. The lowest BCUT2D eigenvalue weighted by Gasteiger charge is -2.34. The first-order valence-corrected chi connectivity index (χ1v) is 16.5. The monoisotopic (exact) mass is 632 g/mol. The molecule has 46 heavy (non-hydrogen) atoms. The van der Waals surface area contributed by atoms with E-state index in [4.69, 9.17) is 0 Å². The first-order valence-electron chi connectivity index (χ1n) is 16.5. The first-order chi connectivity index (χ1) is 22.3. The van der Waals surface area contributed by atoms with Crippen LogP contribution in [0.4, 0.5) is 13.2 Å². The number of nitrogens with zero attached hydrogens (tertiary/aromatic N) is 3. The standard InChI is InChI=1S/C37H43F3N4O2/c38-37(39,40)46-31-15-13-30(14-16-31)33-27-44(19-7-5-11-36(45)34-10-4-6-18-41-34)35-17-12-29(24-32(33)35)26-43-22-20-42(21-23-43)25-28-8-2-1-3-9-28/h1-3,8-9,12-17,24,27,34,41H,4-7,10-11,18-23,25-26H2. The Bertz CT molecular complexity index is 1570. The van der Waals surface area contributed by atoms with Crippen LogP contribution in [0.3, 0.4) is 0 Å². The van der Waals surface area contributed by atoms with E-state index < -0.39 is 6.36 Å². The van der Waals surface area contributed by atoms with Gasteiger partial charge < -0.3 is 14.6 Å². The minimum absolute atomic E-state index is 0.00215. The molecule has 2 aliphatic heterocycles. The van der Waals surface area contributed by atoms with E-state index in [1.54, 1.807) is 12.1 Å². The van der Waals surface area contributed by atoms with Crippen molar-refractivity contribution in [2.45, 2.75) is 70.6 Å². The fourth-order valence-electron chi connectivity index (χ4n) is 6.78. The summed E-state index contributed by atoms with van der Waals surface area (Å²) in [5, 5.41) is 4.43. The predicted octanol–water partition coefficient (Wildman–Crippen LogP) is 7.41. The van der Waals surface area contributed by atoms with Crippen molar-refractivity contribution in [1.29, 1.82) is 0 Å². The third kappa shape index (κ3) is 8.57. The highest BCUT2D eigenvalue weighted by atomic mass is 19.4. The summed E-state index contributed by atoms with van der Waals surface area (Å²) in [5.74, 6) is 0.0775. The van der Waals surface area contributed by atoms with Crippen molar-refractivity contribution in [3.63, 3.8) is 0 Å². The topological polar surface area (TPSA) is 49.7 Å². The molecule has 0 spiro atoms. The van der Waals surface area contributed by atoms with Crippen LogP contribution in [0.15, 0.2) is 79.0 Å². The highest BCUT2D eigenvalue weighted by Gasteiger charge is 2.31. The number of aromatic nitrogens is 1. The molecule has 0 aliphatic carbocycles. The number of carbonyl (C=O) groups is 1. The maximum Gasteiger partial charge on any atom is 0.573 e. The number of piperazine rings is 1. The summed E-state index contributed by atoms with van der Waals surface area (Å²) >= 11 is 0. The molecule has 3 heterocycles. The number of halogens is 3. The molecule has 0 amide bonds. The number of hydrogen-bond acceptors (Lipinski definition) is 5. The Morgan fingerprint density at radius 1 is 0.848 bits per heavy atom. The number of fused-ring (bicyclic) bond motifs is 1. The highest BCUT2D eigenvalue weighted by molar-refractivity contribution is 5.96. The molecular weight excluding hydrogens is 589 g/mol. The molecule has 6 rings (SSSR count). The number of ketones is 1.